The monoisotopic (exact) mass is 514 g/mol. The Morgan fingerprint density at radius 3 is 2.28 bits per heavy atom. The van der Waals surface area contributed by atoms with E-state index < -0.39 is 14.1 Å². The van der Waals surface area contributed by atoms with Crippen LogP contribution in [0.5, 0.6) is 0 Å². The molecule has 2 aliphatic carbocycles. The number of unbranched alkanes of at least 4 members (excludes halogenated alkanes) is 2. The fourth-order valence-electron chi connectivity index (χ4n) is 6.13. The molecule has 3 aliphatic rings. The van der Waals surface area contributed by atoms with Crippen molar-refractivity contribution in [1.82, 2.24) is 0 Å². The summed E-state index contributed by atoms with van der Waals surface area (Å²) in [5.74, 6) is 0.553. The van der Waals surface area contributed by atoms with E-state index in [1.165, 1.54) is 24.8 Å². The molecule has 1 saturated heterocycles. The number of benzene rings is 1. The van der Waals surface area contributed by atoms with Gasteiger partial charge in [0.05, 0.1) is 19.3 Å². The van der Waals surface area contributed by atoms with Gasteiger partial charge in [-0.05, 0) is 47.5 Å². The first-order valence-corrected chi connectivity index (χ1v) is 17.2. The van der Waals surface area contributed by atoms with Gasteiger partial charge in [-0.25, -0.2) is 0 Å². The van der Waals surface area contributed by atoms with Gasteiger partial charge in [0.25, 0.3) is 0 Å². The van der Waals surface area contributed by atoms with Gasteiger partial charge >= 0.3 is 0 Å². The van der Waals surface area contributed by atoms with Crippen LogP contribution in [0.2, 0.25) is 18.1 Å². The molecule has 0 aromatic heterocycles. The molecule has 4 nitrogen and oxygen atoms in total. The van der Waals surface area contributed by atoms with Crippen molar-refractivity contribution in [3.05, 3.63) is 35.4 Å². The maximum absolute atomic E-state index is 13.2. The van der Waals surface area contributed by atoms with Crippen molar-refractivity contribution in [2.75, 3.05) is 13.2 Å². The van der Waals surface area contributed by atoms with Crippen molar-refractivity contribution in [1.29, 1.82) is 0 Å². The van der Waals surface area contributed by atoms with E-state index in [2.05, 4.69) is 78.9 Å². The van der Waals surface area contributed by atoms with Crippen molar-refractivity contribution in [2.45, 2.75) is 122 Å². The molecule has 0 radical (unpaired) electrons. The molecule has 0 N–H and O–H groups in total. The summed E-state index contributed by atoms with van der Waals surface area (Å²) in [6.45, 7) is 19.7. The maximum Gasteiger partial charge on any atom is 0.192 e. The van der Waals surface area contributed by atoms with E-state index in [0.717, 1.165) is 38.0 Å². The highest BCUT2D eigenvalue weighted by Gasteiger charge is 2.57. The largest absolute Gasteiger partial charge is 0.410 e. The topological polar surface area (TPSA) is 44.8 Å². The third kappa shape index (κ3) is 5.85. The number of carbonyl (C=O) groups excluding carboxylic acids is 1. The van der Waals surface area contributed by atoms with Gasteiger partial charge in [-0.3, -0.25) is 4.79 Å². The molecule has 1 aliphatic heterocycles. The Bertz CT molecular complexity index is 903. The van der Waals surface area contributed by atoms with E-state index in [4.69, 9.17) is 13.9 Å². The zero-order valence-corrected chi connectivity index (χ0v) is 25.1. The van der Waals surface area contributed by atoms with Crippen LogP contribution in [0.15, 0.2) is 24.3 Å². The standard InChI is InChI=1S/C31H50O4Si/c1-9-10-11-12-27(35-36(7,8)29(2,3)4)22-13-15-23(16-14-22)28-25-19-31(18-24(25)17-26(28)32)33-20-30(5,6)21-34-31/h13-16,24-25,27-28H,9-12,17-21H2,1-8H3/t24-,25+,27+,28-/m1/s1. The van der Waals surface area contributed by atoms with Gasteiger partial charge in [-0.2, -0.15) is 0 Å². The van der Waals surface area contributed by atoms with Gasteiger partial charge in [0, 0.05) is 30.6 Å². The van der Waals surface area contributed by atoms with Crippen molar-refractivity contribution >= 4 is 14.1 Å². The summed E-state index contributed by atoms with van der Waals surface area (Å²) in [5.41, 5.74) is 2.48. The van der Waals surface area contributed by atoms with E-state index in [1.807, 2.05) is 0 Å². The average molecular weight is 515 g/mol. The average Bonchev–Trinajstić information content (AvgIpc) is 3.27. The number of hydrogen-bond acceptors (Lipinski definition) is 4. The lowest BCUT2D eigenvalue weighted by Crippen LogP contribution is -2.46. The number of hydrogen-bond donors (Lipinski definition) is 0. The molecule has 2 saturated carbocycles. The fourth-order valence-corrected chi connectivity index (χ4v) is 7.45. The van der Waals surface area contributed by atoms with Crippen LogP contribution in [0.3, 0.4) is 0 Å². The van der Waals surface area contributed by atoms with Crippen LogP contribution in [0, 0.1) is 17.3 Å². The van der Waals surface area contributed by atoms with E-state index in [-0.39, 0.29) is 22.5 Å². The molecule has 1 aromatic carbocycles. The molecule has 3 fully saturated rings. The smallest absolute Gasteiger partial charge is 0.192 e. The predicted octanol–water partition coefficient (Wildman–Crippen LogP) is 8.18. The van der Waals surface area contributed by atoms with Crippen molar-refractivity contribution in [3.63, 3.8) is 0 Å². The maximum atomic E-state index is 13.2. The van der Waals surface area contributed by atoms with E-state index in [9.17, 15) is 4.79 Å². The van der Waals surface area contributed by atoms with Crippen LogP contribution in [0.25, 0.3) is 0 Å². The van der Waals surface area contributed by atoms with Gasteiger partial charge in [0.2, 0.25) is 0 Å². The zero-order valence-electron chi connectivity index (χ0n) is 24.1. The fraction of sp³-hybridized carbons (Fsp3) is 0.774. The molecular formula is C31H50O4Si. The quantitative estimate of drug-likeness (QED) is 0.259. The molecule has 0 amide bonds. The van der Waals surface area contributed by atoms with Crippen LogP contribution >= 0.6 is 0 Å². The molecular weight excluding hydrogens is 464 g/mol. The number of rotatable bonds is 8. The highest BCUT2D eigenvalue weighted by Crippen LogP contribution is 2.56. The normalized spacial score (nSPS) is 28.4. The van der Waals surface area contributed by atoms with Crippen LogP contribution in [-0.4, -0.2) is 33.1 Å². The highest BCUT2D eigenvalue weighted by atomic mass is 28.4. The molecule has 36 heavy (non-hydrogen) atoms. The van der Waals surface area contributed by atoms with Crippen LogP contribution in [0.4, 0.5) is 0 Å². The summed E-state index contributed by atoms with van der Waals surface area (Å²) < 4.78 is 19.6. The lowest BCUT2D eigenvalue weighted by Gasteiger charge is -2.42. The summed E-state index contributed by atoms with van der Waals surface area (Å²) in [6.07, 6.45) is 7.15. The van der Waals surface area contributed by atoms with Crippen molar-refractivity contribution in [2.24, 2.45) is 17.3 Å². The van der Waals surface area contributed by atoms with Crippen LogP contribution in [0.1, 0.15) is 110 Å². The molecule has 4 rings (SSSR count). The molecule has 0 unspecified atom stereocenters. The van der Waals surface area contributed by atoms with Crippen LogP contribution in [-0.2, 0) is 18.7 Å². The number of ketones is 1. The molecule has 202 valence electrons. The van der Waals surface area contributed by atoms with Gasteiger partial charge in [-0.15, -0.1) is 0 Å². The molecule has 0 bridgehead atoms. The summed E-state index contributed by atoms with van der Waals surface area (Å²) in [4.78, 5) is 13.2. The summed E-state index contributed by atoms with van der Waals surface area (Å²) in [7, 11) is -1.89. The number of carbonyl (C=O) groups is 1. The van der Waals surface area contributed by atoms with Gasteiger partial charge in [0.15, 0.2) is 14.1 Å². The lowest BCUT2D eigenvalue weighted by molar-refractivity contribution is -0.297. The Balaban J connectivity index is 1.50. The predicted molar refractivity (Wildman–Crippen MR) is 149 cm³/mol. The Kier molecular flexibility index (Phi) is 8.00. The summed E-state index contributed by atoms with van der Waals surface area (Å²) >= 11 is 0. The molecule has 4 atom stereocenters. The number of Topliss-reactive ketones (excluding diaryl/α,β-unsaturated/α-hetero) is 1. The molecule has 1 spiro atoms. The van der Waals surface area contributed by atoms with E-state index >= 15 is 0 Å². The second-order valence-corrected chi connectivity index (χ2v) is 18.9. The van der Waals surface area contributed by atoms with E-state index in [0.29, 0.717) is 24.0 Å². The third-order valence-corrected chi connectivity index (χ3v) is 13.9. The summed E-state index contributed by atoms with van der Waals surface area (Å²) in [5, 5.41) is 0.179. The third-order valence-electron chi connectivity index (χ3n) is 9.40. The lowest BCUT2D eigenvalue weighted by atomic mass is 9.85. The summed E-state index contributed by atoms with van der Waals surface area (Å²) in [6, 6.07) is 8.89. The van der Waals surface area contributed by atoms with Crippen molar-refractivity contribution in [3.8, 4) is 0 Å². The van der Waals surface area contributed by atoms with Gasteiger partial charge in [0.1, 0.15) is 5.78 Å². The van der Waals surface area contributed by atoms with Crippen LogP contribution < -0.4 is 0 Å². The van der Waals surface area contributed by atoms with Gasteiger partial charge < -0.3 is 13.9 Å². The minimum atomic E-state index is -1.89. The number of fused-ring (bicyclic) bond motifs is 1. The number of ether oxygens (including phenoxy) is 2. The second-order valence-electron chi connectivity index (χ2n) is 14.2. The Hall–Kier alpha value is -1.01. The van der Waals surface area contributed by atoms with Gasteiger partial charge in [-0.1, -0.05) is 85.1 Å². The minimum Gasteiger partial charge on any atom is -0.410 e. The molecule has 1 heterocycles. The SMILES string of the molecule is CCCCC[C@H](O[Si](C)(C)C(C)(C)C)c1ccc([C@H]2C(=O)C[C@@H]3CC4(C[C@@H]32)OCC(C)(C)CO4)cc1. The molecule has 1 aromatic rings. The first-order chi connectivity index (χ1) is 16.8. The zero-order chi connectivity index (χ0) is 26.4. The van der Waals surface area contributed by atoms with Crippen molar-refractivity contribution < 1.29 is 18.7 Å². The minimum absolute atomic E-state index is 0.0367. The van der Waals surface area contributed by atoms with E-state index in [1.54, 1.807) is 0 Å². The first-order valence-electron chi connectivity index (χ1n) is 14.3. The Morgan fingerprint density at radius 1 is 1.06 bits per heavy atom. The Morgan fingerprint density at radius 2 is 1.69 bits per heavy atom. The Labute approximate surface area is 221 Å². The molecule has 5 heteroatoms. The first kappa shape index (κ1) is 28.0. The highest BCUT2D eigenvalue weighted by molar-refractivity contribution is 6.74. The second kappa shape index (κ2) is 10.3.